The molecule has 11 atom stereocenters. The molecular weight excluding hydrogens is 744 g/mol. The normalized spacial score (nSPS) is 28.5. The summed E-state index contributed by atoms with van der Waals surface area (Å²) in [6.07, 6.45) is -13.4. The van der Waals surface area contributed by atoms with Crippen LogP contribution in [0, 0.1) is 25.7 Å². The van der Waals surface area contributed by atoms with Gasteiger partial charge < -0.3 is 74.5 Å². The second-order valence-electron chi connectivity index (χ2n) is 14.3. The number of rotatable bonds is 8. The number of aryl methyl sites for hydroxylation is 2. The summed E-state index contributed by atoms with van der Waals surface area (Å²) in [5.41, 5.74) is -0.174. The number of aliphatic hydroxyl groups is 9. The van der Waals surface area contributed by atoms with E-state index < -0.39 is 91.2 Å². The number of carbonyl (C=O) groups is 1. The van der Waals surface area contributed by atoms with Gasteiger partial charge in [0.15, 0.2) is 23.4 Å². The van der Waals surface area contributed by atoms with Crippen molar-refractivity contribution in [3.63, 3.8) is 0 Å². The highest BCUT2D eigenvalue weighted by atomic mass is 16.6. The van der Waals surface area contributed by atoms with Crippen LogP contribution in [0.2, 0.25) is 0 Å². The van der Waals surface area contributed by atoms with Crippen LogP contribution in [0.5, 0.6) is 11.5 Å². The Balaban J connectivity index is 0.000000214. The van der Waals surface area contributed by atoms with E-state index >= 15 is 0 Å². The van der Waals surface area contributed by atoms with Crippen molar-refractivity contribution in [3.8, 4) is 11.5 Å². The first kappa shape index (κ1) is 42.8. The van der Waals surface area contributed by atoms with Crippen molar-refractivity contribution in [1.29, 1.82) is 0 Å². The van der Waals surface area contributed by atoms with Crippen molar-refractivity contribution in [3.05, 3.63) is 78.5 Å². The number of Topliss-reactive ketones (excluding diaryl/α,β-unsaturated/α-hetero) is 1. The van der Waals surface area contributed by atoms with E-state index in [1.165, 1.54) is 38.1 Å². The van der Waals surface area contributed by atoms with E-state index in [0.29, 0.717) is 11.1 Å². The maximum absolute atomic E-state index is 12.6. The largest absolute Gasteiger partial charge is 0.507 e. The predicted molar refractivity (Wildman–Crippen MR) is 192 cm³/mol. The van der Waals surface area contributed by atoms with Gasteiger partial charge in [-0.15, -0.1) is 0 Å². The van der Waals surface area contributed by atoms with Gasteiger partial charge in [-0.25, -0.2) is 0 Å². The summed E-state index contributed by atoms with van der Waals surface area (Å²) in [5, 5.41) is 110. The second kappa shape index (κ2) is 17.0. The van der Waals surface area contributed by atoms with Crippen LogP contribution in [0.4, 0.5) is 0 Å². The van der Waals surface area contributed by atoms with E-state index in [0.717, 1.165) is 0 Å². The number of aliphatic hydroxyl groups excluding tert-OH is 9. The molecule has 0 radical (unpaired) electrons. The molecule has 306 valence electrons. The SMILES string of the molecule is CC(=O)Cc1cc(=O)c2c(C)cc(O)c(C3OC(O)C(O)C(O)C3CO)c2o1.Cc1cc(O)c(C2OC(O)C(O)C(O)C2CO)c2oc(CC(C)O)cc(=O)c12. The highest BCUT2D eigenvalue weighted by Gasteiger charge is 2.47. The van der Waals surface area contributed by atoms with Crippen molar-refractivity contribution in [2.24, 2.45) is 11.8 Å². The molecule has 2 aromatic carbocycles. The summed E-state index contributed by atoms with van der Waals surface area (Å²) in [7, 11) is 0. The lowest BCUT2D eigenvalue weighted by Gasteiger charge is -2.40. The van der Waals surface area contributed by atoms with E-state index in [1.54, 1.807) is 13.8 Å². The molecule has 2 aromatic heterocycles. The first-order chi connectivity index (χ1) is 26.3. The maximum atomic E-state index is 12.6. The Morgan fingerprint density at radius 3 is 1.45 bits per heavy atom. The summed E-state index contributed by atoms with van der Waals surface area (Å²) < 4.78 is 22.2. The number of aromatic hydroxyl groups is 2. The van der Waals surface area contributed by atoms with Crippen LogP contribution < -0.4 is 10.9 Å². The minimum absolute atomic E-state index is 0.0279. The molecule has 2 saturated heterocycles. The standard InChI is InChI=1S/C19H24O9.C19H22O9/c2*1-7-3-11(22)14(17-10(6-20)15(24)16(25)19(26)28-17)18-13(7)12(23)5-9(27-18)4-8(2)21/h3,5,8,10,15-17,19-22,24-26H,4,6H2,1-2H3;3,5,10,15-17,19-20,22,24-26H,4,6H2,1-2H3. The molecule has 18 heteroatoms. The summed E-state index contributed by atoms with van der Waals surface area (Å²) in [6, 6.07) is 5.07. The van der Waals surface area contributed by atoms with Crippen LogP contribution in [0.15, 0.2) is 42.7 Å². The molecule has 0 aliphatic carbocycles. The third-order valence-corrected chi connectivity index (χ3v) is 9.96. The van der Waals surface area contributed by atoms with Crippen LogP contribution >= 0.6 is 0 Å². The Labute approximate surface area is 317 Å². The molecular formula is C38H46O18. The molecule has 4 heterocycles. The molecule has 0 saturated carbocycles. The summed E-state index contributed by atoms with van der Waals surface area (Å²) in [4.78, 5) is 36.7. The average molecular weight is 791 g/mol. The number of carbonyl (C=O) groups excluding carboxylic acids is 1. The predicted octanol–water partition coefficient (Wildman–Crippen LogP) is -0.891. The Kier molecular flexibility index (Phi) is 13.0. The van der Waals surface area contributed by atoms with Crippen molar-refractivity contribution < 1.29 is 79.3 Å². The van der Waals surface area contributed by atoms with E-state index in [2.05, 4.69) is 0 Å². The van der Waals surface area contributed by atoms with Gasteiger partial charge in [0.1, 0.15) is 64.4 Å². The minimum Gasteiger partial charge on any atom is -0.507 e. The van der Waals surface area contributed by atoms with E-state index in [-0.39, 0.29) is 74.7 Å². The highest BCUT2D eigenvalue weighted by molar-refractivity contribution is 5.87. The van der Waals surface area contributed by atoms with Crippen molar-refractivity contribution in [1.82, 2.24) is 0 Å². The zero-order chi connectivity index (χ0) is 41.5. The van der Waals surface area contributed by atoms with Crippen LogP contribution in [-0.4, -0.2) is 118 Å². The first-order valence-corrected chi connectivity index (χ1v) is 17.7. The lowest BCUT2D eigenvalue weighted by Crippen LogP contribution is -2.52. The molecule has 2 aliphatic rings. The first-order valence-electron chi connectivity index (χ1n) is 17.7. The van der Waals surface area contributed by atoms with Crippen LogP contribution in [0.1, 0.15) is 59.8 Å². The molecule has 11 N–H and O–H groups in total. The minimum atomic E-state index is -1.79. The summed E-state index contributed by atoms with van der Waals surface area (Å²) in [6.45, 7) is 4.80. The van der Waals surface area contributed by atoms with Gasteiger partial charge in [0.25, 0.3) is 0 Å². The zero-order valence-electron chi connectivity index (χ0n) is 30.8. The molecule has 2 fully saturated rings. The number of hydrogen-bond acceptors (Lipinski definition) is 18. The second-order valence-corrected chi connectivity index (χ2v) is 14.3. The number of hydrogen-bond donors (Lipinski definition) is 11. The quantitative estimate of drug-likeness (QED) is 0.103. The van der Waals surface area contributed by atoms with Gasteiger partial charge >= 0.3 is 0 Å². The van der Waals surface area contributed by atoms with Crippen molar-refractivity contribution >= 4 is 27.7 Å². The Hall–Kier alpha value is -4.31. The number of ketones is 1. The lowest BCUT2D eigenvalue weighted by atomic mass is 9.84. The Morgan fingerprint density at radius 1 is 0.679 bits per heavy atom. The van der Waals surface area contributed by atoms with Crippen LogP contribution in [-0.2, 0) is 27.1 Å². The van der Waals surface area contributed by atoms with Crippen molar-refractivity contribution in [2.75, 3.05) is 13.2 Å². The monoisotopic (exact) mass is 790 g/mol. The highest BCUT2D eigenvalue weighted by Crippen LogP contribution is 2.45. The van der Waals surface area contributed by atoms with E-state index in [4.69, 9.17) is 18.3 Å². The number of ether oxygens (including phenoxy) is 2. The molecule has 0 amide bonds. The molecule has 56 heavy (non-hydrogen) atoms. The van der Waals surface area contributed by atoms with Gasteiger partial charge in [0, 0.05) is 30.4 Å². The topological polar surface area (TPSA) is 318 Å². The fraction of sp³-hybridized carbons (Fsp3) is 0.500. The number of phenols is 2. The number of fused-ring (bicyclic) bond motifs is 2. The molecule has 2 aliphatic heterocycles. The van der Waals surface area contributed by atoms with Crippen LogP contribution in [0.3, 0.4) is 0 Å². The number of phenolic OH excluding ortho intramolecular Hbond substituents is 2. The summed E-state index contributed by atoms with van der Waals surface area (Å²) in [5.74, 6) is -2.85. The fourth-order valence-electron chi connectivity index (χ4n) is 7.26. The van der Waals surface area contributed by atoms with Gasteiger partial charge in [-0.1, -0.05) is 0 Å². The maximum Gasteiger partial charge on any atom is 0.193 e. The molecule has 0 bridgehead atoms. The molecule has 6 rings (SSSR count). The van der Waals surface area contributed by atoms with E-state index in [9.17, 15) is 70.6 Å². The van der Waals surface area contributed by atoms with E-state index in [1.807, 2.05) is 0 Å². The van der Waals surface area contributed by atoms with Crippen LogP contribution in [0.25, 0.3) is 21.9 Å². The van der Waals surface area contributed by atoms with Gasteiger partial charge in [0.05, 0.1) is 59.8 Å². The van der Waals surface area contributed by atoms with Gasteiger partial charge in [-0.3, -0.25) is 14.4 Å². The number of benzene rings is 2. The van der Waals surface area contributed by atoms with Gasteiger partial charge in [-0.05, 0) is 51.0 Å². The fourth-order valence-corrected chi connectivity index (χ4v) is 7.26. The molecule has 0 spiro atoms. The van der Waals surface area contributed by atoms with Crippen molar-refractivity contribution in [2.45, 2.75) is 95.8 Å². The molecule has 11 unspecified atom stereocenters. The Bertz CT molecular complexity index is 2190. The van der Waals surface area contributed by atoms with Gasteiger partial charge in [0.2, 0.25) is 0 Å². The smallest absolute Gasteiger partial charge is 0.193 e. The third kappa shape index (κ3) is 8.22. The average Bonchev–Trinajstić information content (AvgIpc) is 3.09. The van der Waals surface area contributed by atoms with Gasteiger partial charge in [-0.2, -0.15) is 0 Å². The zero-order valence-corrected chi connectivity index (χ0v) is 30.8. The third-order valence-electron chi connectivity index (χ3n) is 9.96. The Morgan fingerprint density at radius 2 is 1.07 bits per heavy atom. The lowest BCUT2D eigenvalue weighted by molar-refractivity contribution is -0.275. The summed E-state index contributed by atoms with van der Waals surface area (Å²) >= 11 is 0. The molecule has 18 nitrogen and oxygen atoms in total. The molecule has 4 aromatic rings.